The third-order valence-electron chi connectivity index (χ3n) is 1.86. The van der Waals surface area contributed by atoms with E-state index in [-0.39, 0.29) is 12.4 Å². The topological polar surface area (TPSA) is 63.6 Å². The summed E-state index contributed by atoms with van der Waals surface area (Å²) >= 11 is 1.35. The number of carbonyl (C=O) groups excluding carboxylic acids is 1. The third-order valence-corrected chi connectivity index (χ3v) is 2.99. The van der Waals surface area contributed by atoms with Crippen molar-refractivity contribution < 1.29 is 19.4 Å². The number of methoxy groups -OCH3 is 1. The maximum atomic E-state index is 11.1. The molecule has 0 spiro atoms. The minimum Gasteiger partial charge on any atom is -0.481 e. The van der Waals surface area contributed by atoms with Gasteiger partial charge in [0.1, 0.15) is 4.88 Å². The smallest absolute Gasteiger partial charge is 0.348 e. The van der Waals surface area contributed by atoms with Crippen LogP contribution in [0.25, 0.3) is 0 Å². The van der Waals surface area contributed by atoms with Crippen LogP contribution in [-0.4, -0.2) is 24.2 Å². The summed E-state index contributed by atoms with van der Waals surface area (Å²) < 4.78 is 4.57. The van der Waals surface area contributed by atoms with Crippen molar-refractivity contribution in [2.45, 2.75) is 19.3 Å². The normalized spacial score (nSPS) is 9.93. The Balaban J connectivity index is 2.46. The van der Waals surface area contributed by atoms with Crippen molar-refractivity contribution in [1.29, 1.82) is 0 Å². The Kier molecular flexibility index (Phi) is 4.30. The Morgan fingerprint density at radius 3 is 2.80 bits per heavy atom. The highest BCUT2D eigenvalue weighted by Crippen LogP contribution is 2.19. The van der Waals surface area contributed by atoms with E-state index < -0.39 is 5.97 Å². The average molecular weight is 228 g/mol. The summed E-state index contributed by atoms with van der Waals surface area (Å²) in [5.41, 5.74) is 0. The van der Waals surface area contributed by atoms with Crippen LogP contribution < -0.4 is 0 Å². The molecule has 1 N–H and O–H groups in total. The predicted octanol–water partition coefficient (Wildman–Crippen LogP) is 1.94. The van der Waals surface area contributed by atoms with Gasteiger partial charge >= 0.3 is 11.9 Å². The first kappa shape index (κ1) is 11.7. The Labute approximate surface area is 91.5 Å². The zero-order valence-electron chi connectivity index (χ0n) is 8.36. The summed E-state index contributed by atoms with van der Waals surface area (Å²) in [5, 5.41) is 8.45. The van der Waals surface area contributed by atoms with Crippen molar-refractivity contribution in [3.05, 3.63) is 21.9 Å². The molecule has 15 heavy (non-hydrogen) atoms. The van der Waals surface area contributed by atoms with Crippen LogP contribution in [0.2, 0.25) is 0 Å². The maximum Gasteiger partial charge on any atom is 0.348 e. The molecule has 0 aliphatic carbocycles. The first-order valence-electron chi connectivity index (χ1n) is 4.52. The van der Waals surface area contributed by atoms with Gasteiger partial charge in [-0.1, -0.05) is 0 Å². The number of hydrogen-bond donors (Lipinski definition) is 1. The van der Waals surface area contributed by atoms with Gasteiger partial charge in [0.15, 0.2) is 0 Å². The number of thiophene rings is 1. The van der Waals surface area contributed by atoms with E-state index in [0.717, 1.165) is 4.88 Å². The lowest BCUT2D eigenvalue weighted by Gasteiger charge is -1.94. The molecule has 0 bridgehead atoms. The van der Waals surface area contributed by atoms with Gasteiger partial charge in [-0.25, -0.2) is 4.79 Å². The van der Waals surface area contributed by atoms with Crippen molar-refractivity contribution >= 4 is 23.3 Å². The summed E-state index contributed by atoms with van der Waals surface area (Å²) in [6, 6.07) is 3.53. The molecule has 0 saturated heterocycles. The zero-order chi connectivity index (χ0) is 11.3. The van der Waals surface area contributed by atoms with Crippen LogP contribution in [0.1, 0.15) is 27.4 Å². The predicted molar refractivity (Wildman–Crippen MR) is 56.2 cm³/mol. The highest BCUT2D eigenvalue weighted by Gasteiger charge is 2.08. The van der Waals surface area contributed by atoms with Crippen LogP contribution in [0.5, 0.6) is 0 Å². The lowest BCUT2D eigenvalue weighted by molar-refractivity contribution is -0.137. The number of carboxylic acids is 1. The van der Waals surface area contributed by atoms with E-state index in [0.29, 0.717) is 17.7 Å². The number of esters is 1. The molecule has 82 valence electrons. The van der Waals surface area contributed by atoms with E-state index in [9.17, 15) is 9.59 Å². The zero-order valence-corrected chi connectivity index (χ0v) is 9.17. The summed E-state index contributed by atoms with van der Waals surface area (Å²) in [6.07, 6.45) is 1.44. The first-order valence-corrected chi connectivity index (χ1v) is 5.34. The van der Waals surface area contributed by atoms with Gasteiger partial charge in [-0.05, 0) is 25.0 Å². The molecular formula is C10H12O4S. The number of aryl methyl sites for hydroxylation is 1. The molecule has 1 heterocycles. The van der Waals surface area contributed by atoms with Crippen molar-refractivity contribution in [3.8, 4) is 0 Å². The molecule has 4 nitrogen and oxygen atoms in total. The van der Waals surface area contributed by atoms with Crippen LogP contribution in [0.3, 0.4) is 0 Å². The van der Waals surface area contributed by atoms with Gasteiger partial charge in [-0.3, -0.25) is 4.79 Å². The second kappa shape index (κ2) is 5.50. The number of rotatable bonds is 5. The van der Waals surface area contributed by atoms with Gasteiger partial charge < -0.3 is 9.84 Å². The lowest BCUT2D eigenvalue weighted by atomic mass is 10.2. The number of hydrogen-bond acceptors (Lipinski definition) is 4. The summed E-state index contributed by atoms with van der Waals surface area (Å²) in [5.74, 6) is -1.13. The highest BCUT2D eigenvalue weighted by atomic mass is 32.1. The van der Waals surface area contributed by atoms with Crippen LogP contribution in [-0.2, 0) is 16.0 Å². The molecular weight excluding hydrogens is 216 g/mol. The van der Waals surface area contributed by atoms with E-state index >= 15 is 0 Å². The quantitative estimate of drug-likeness (QED) is 0.782. The van der Waals surface area contributed by atoms with Crippen molar-refractivity contribution in [3.63, 3.8) is 0 Å². The molecule has 0 amide bonds. The standard InChI is InChI=1S/C10H12O4S/c1-14-10(13)8-6-5-7(15-8)3-2-4-9(11)12/h5-6H,2-4H2,1H3,(H,11,12). The summed E-state index contributed by atoms with van der Waals surface area (Å²) in [4.78, 5) is 23.0. The molecule has 0 aliphatic rings. The van der Waals surface area contributed by atoms with Crippen molar-refractivity contribution in [1.82, 2.24) is 0 Å². The highest BCUT2D eigenvalue weighted by molar-refractivity contribution is 7.13. The van der Waals surface area contributed by atoms with Crippen molar-refractivity contribution in [2.75, 3.05) is 7.11 Å². The largest absolute Gasteiger partial charge is 0.481 e. The fraction of sp³-hybridized carbons (Fsp3) is 0.400. The van der Waals surface area contributed by atoms with Gasteiger partial charge in [-0.2, -0.15) is 0 Å². The van der Waals surface area contributed by atoms with E-state index in [1.165, 1.54) is 18.4 Å². The molecule has 0 saturated carbocycles. The lowest BCUT2D eigenvalue weighted by Crippen LogP contribution is -1.96. The average Bonchev–Trinajstić information content (AvgIpc) is 2.65. The molecule has 0 fully saturated rings. The van der Waals surface area contributed by atoms with Gasteiger partial charge in [0, 0.05) is 11.3 Å². The molecule has 0 aromatic carbocycles. The van der Waals surface area contributed by atoms with Gasteiger partial charge in [-0.15, -0.1) is 11.3 Å². The van der Waals surface area contributed by atoms with E-state index in [1.807, 2.05) is 6.07 Å². The molecule has 0 aliphatic heterocycles. The van der Waals surface area contributed by atoms with Gasteiger partial charge in [0.05, 0.1) is 7.11 Å². The molecule has 1 aromatic rings. The molecule has 1 aromatic heterocycles. The Morgan fingerprint density at radius 1 is 1.47 bits per heavy atom. The third kappa shape index (κ3) is 3.71. The van der Waals surface area contributed by atoms with Crippen LogP contribution >= 0.6 is 11.3 Å². The fourth-order valence-corrected chi connectivity index (χ4v) is 2.10. The molecule has 0 atom stereocenters. The Hall–Kier alpha value is -1.36. The Morgan fingerprint density at radius 2 is 2.20 bits per heavy atom. The maximum absolute atomic E-state index is 11.1. The second-order valence-corrected chi connectivity index (χ2v) is 4.17. The molecule has 1 rings (SSSR count). The van der Waals surface area contributed by atoms with E-state index in [4.69, 9.17) is 5.11 Å². The number of aliphatic carboxylic acids is 1. The van der Waals surface area contributed by atoms with Crippen LogP contribution in [0, 0.1) is 0 Å². The monoisotopic (exact) mass is 228 g/mol. The summed E-state index contributed by atoms with van der Waals surface area (Å²) in [7, 11) is 1.34. The minimum atomic E-state index is -0.792. The number of carboxylic acid groups (broad SMARTS) is 1. The van der Waals surface area contributed by atoms with Gasteiger partial charge in [0.2, 0.25) is 0 Å². The molecule has 0 radical (unpaired) electrons. The van der Waals surface area contributed by atoms with E-state index in [1.54, 1.807) is 6.07 Å². The Bertz CT molecular complexity index is 356. The van der Waals surface area contributed by atoms with Crippen molar-refractivity contribution in [2.24, 2.45) is 0 Å². The number of carbonyl (C=O) groups is 2. The summed E-state index contributed by atoms with van der Waals surface area (Å²) in [6.45, 7) is 0. The fourth-order valence-electron chi connectivity index (χ4n) is 1.14. The van der Waals surface area contributed by atoms with Crippen LogP contribution in [0.4, 0.5) is 0 Å². The minimum absolute atomic E-state index is 0.158. The number of ether oxygens (including phenoxy) is 1. The van der Waals surface area contributed by atoms with Gasteiger partial charge in [0.25, 0.3) is 0 Å². The molecule has 0 unspecified atom stereocenters. The van der Waals surface area contributed by atoms with E-state index in [2.05, 4.69) is 4.74 Å². The first-order chi connectivity index (χ1) is 7.13. The SMILES string of the molecule is COC(=O)c1ccc(CCCC(=O)O)s1. The molecule has 5 heteroatoms. The van der Waals surface area contributed by atoms with Crippen LogP contribution in [0.15, 0.2) is 12.1 Å². The second-order valence-electron chi connectivity index (χ2n) is 3.00.